The maximum atomic E-state index is 12.6. The fourth-order valence-corrected chi connectivity index (χ4v) is 5.21. The number of phenolic OH excluding ortho intramolecular Hbond substituents is 1. The smallest absolute Gasteiger partial charge is 0.342 e. The van der Waals surface area contributed by atoms with Gasteiger partial charge in [-0.05, 0) is 30.3 Å². The number of para-hydroxylation sites is 1. The van der Waals surface area contributed by atoms with Crippen LogP contribution in [-0.2, 0) is 19.6 Å². The van der Waals surface area contributed by atoms with Gasteiger partial charge in [0.2, 0.25) is 10.0 Å². The summed E-state index contributed by atoms with van der Waals surface area (Å²) in [7, 11) is -3.83. The third-order valence-corrected chi connectivity index (χ3v) is 7.40. The van der Waals surface area contributed by atoms with Gasteiger partial charge in [-0.2, -0.15) is 4.31 Å². The lowest BCUT2D eigenvalue weighted by atomic mass is 10.2. The minimum absolute atomic E-state index is 0.153. The summed E-state index contributed by atoms with van der Waals surface area (Å²) in [5.74, 6) is -2.08. The van der Waals surface area contributed by atoms with Gasteiger partial charge in [-0.25, -0.2) is 18.2 Å². The molecule has 3 rings (SSSR count). The Morgan fingerprint density at radius 3 is 2.55 bits per heavy atom. The zero-order valence-corrected chi connectivity index (χ0v) is 18.5. The molecule has 0 spiro atoms. The molecule has 164 valence electrons. The number of phenols is 1. The highest BCUT2D eigenvalue weighted by Crippen LogP contribution is 2.26. The molecule has 0 saturated carbocycles. The number of amides is 1. The number of rotatable bonds is 8. The Hall–Kier alpha value is -3.02. The first kappa shape index (κ1) is 22.7. The fraction of sp³-hybridized carbons (Fsp3) is 0.250. The molecule has 0 aliphatic rings. The van der Waals surface area contributed by atoms with Crippen LogP contribution in [0, 0.1) is 0 Å². The molecule has 2 aromatic carbocycles. The number of fused-ring (bicyclic) bond motifs is 1. The average Bonchev–Trinajstić information content (AvgIpc) is 3.15. The van der Waals surface area contributed by atoms with E-state index in [-0.39, 0.29) is 23.5 Å². The molecule has 0 aliphatic heterocycles. The number of nitrogens with one attached hydrogen (secondary N) is 1. The van der Waals surface area contributed by atoms with Gasteiger partial charge in [-0.1, -0.05) is 37.3 Å². The SMILES string of the molecule is CCN(CC)S(=O)(=O)c1ccc(O)c(C(=O)OCC(=O)Nc2nc3ccccc3s2)c1. The van der Waals surface area contributed by atoms with Crippen molar-refractivity contribution in [1.82, 2.24) is 9.29 Å². The van der Waals surface area contributed by atoms with Crippen molar-refractivity contribution >= 4 is 48.6 Å². The minimum Gasteiger partial charge on any atom is -0.507 e. The molecular formula is C20H21N3O6S2. The van der Waals surface area contributed by atoms with Crippen molar-refractivity contribution in [3.63, 3.8) is 0 Å². The van der Waals surface area contributed by atoms with Crippen molar-refractivity contribution in [2.24, 2.45) is 0 Å². The number of nitrogens with zero attached hydrogens (tertiary/aromatic N) is 2. The zero-order valence-electron chi connectivity index (χ0n) is 16.9. The second kappa shape index (κ2) is 9.41. The van der Waals surface area contributed by atoms with Gasteiger partial charge in [0.1, 0.15) is 11.3 Å². The minimum atomic E-state index is -3.83. The maximum absolute atomic E-state index is 12.6. The van der Waals surface area contributed by atoms with Crippen LogP contribution >= 0.6 is 11.3 Å². The zero-order chi connectivity index (χ0) is 22.6. The second-order valence-electron chi connectivity index (χ2n) is 6.38. The third-order valence-electron chi connectivity index (χ3n) is 4.41. The van der Waals surface area contributed by atoms with Gasteiger partial charge in [-0.15, -0.1) is 0 Å². The predicted octanol–water partition coefficient (Wildman–Crippen LogP) is 2.83. The number of sulfonamides is 1. The molecule has 0 radical (unpaired) electrons. The molecule has 11 heteroatoms. The van der Waals surface area contributed by atoms with E-state index in [1.165, 1.54) is 21.7 Å². The highest BCUT2D eigenvalue weighted by Gasteiger charge is 2.25. The van der Waals surface area contributed by atoms with Crippen LogP contribution in [0.25, 0.3) is 10.2 Å². The summed E-state index contributed by atoms with van der Waals surface area (Å²) in [4.78, 5) is 28.6. The van der Waals surface area contributed by atoms with Crippen LogP contribution in [0.4, 0.5) is 5.13 Å². The van der Waals surface area contributed by atoms with Crippen LogP contribution in [0.3, 0.4) is 0 Å². The molecule has 1 amide bonds. The van der Waals surface area contributed by atoms with E-state index >= 15 is 0 Å². The van der Waals surface area contributed by atoms with Crippen LogP contribution in [0.5, 0.6) is 5.75 Å². The number of aromatic hydroxyl groups is 1. The first-order chi connectivity index (χ1) is 14.8. The van der Waals surface area contributed by atoms with Gasteiger partial charge in [0.25, 0.3) is 5.91 Å². The van der Waals surface area contributed by atoms with Crippen molar-refractivity contribution in [3.8, 4) is 5.75 Å². The van der Waals surface area contributed by atoms with Crippen LogP contribution in [-0.4, -0.2) is 54.4 Å². The number of carbonyl (C=O) groups is 2. The van der Waals surface area contributed by atoms with Gasteiger partial charge in [0.15, 0.2) is 11.7 Å². The Morgan fingerprint density at radius 1 is 1.16 bits per heavy atom. The molecule has 0 fully saturated rings. The molecule has 2 N–H and O–H groups in total. The molecule has 31 heavy (non-hydrogen) atoms. The van der Waals surface area contributed by atoms with Crippen molar-refractivity contribution in [2.45, 2.75) is 18.7 Å². The van der Waals surface area contributed by atoms with Crippen molar-refractivity contribution in [2.75, 3.05) is 25.0 Å². The summed E-state index contributed by atoms with van der Waals surface area (Å²) in [5.41, 5.74) is 0.386. The molecule has 0 atom stereocenters. The first-order valence-electron chi connectivity index (χ1n) is 9.42. The number of esters is 1. The number of hydrogen-bond acceptors (Lipinski definition) is 8. The molecule has 3 aromatic rings. The second-order valence-corrected chi connectivity index (χ2v) is 9.35. The topological polar surface area (TPSA) is 126 Å². The third kappa shape index (κ3) is 5.01. The Balaban J connectivity index is 1.69. The van der Waals surface area contributed by atoms with E-state index in [1.54, 1.807) is 13.8 Å². The summed E-state index contributed by atoms with van der Waals surface area (Å²) in [6.07, 6.45) is 0. The highest BCUT2D eigenvalue weighted by atomic mass is 32.2. The number of benzene rings is 2. The van der Waals surface area contributed by atoms with Crippen molar-refractivity contribution in [3.05, 3.63) is 48.0 Å². The quantitative estimate of drug-likeness (QED) is 0.492. The number of aromatic nitrogens is 1. The Kier molecular flexibility index (Phi) is 6.88. The molecule has 1 heterocycles. The standard InChI is InChI=1S/C20H21N3O6S2/c1-3-23(4-2)31(27,28)13-9-10-16(24)14(11-13)19(26)29-12-18(25)22-20-21-15-7-5-6-8-17(15)30-20/h5-11,24H,3-4,12H2,1-2H3,(H,21,22,25). The summed E-state index contributed by atoms with van der Waals surface area (Å²) in [6, 6.07) is 10.7. The number of anilines is 1. The van der Waals surface area contributed by atoms with Crippen molar-refractivity contribution < 1.29 is 27.9 Å². The van der Waals surface area contributed by atoms with E-state index in [2.05, 4.69) is 10.3 Å². The first-order valence-corrected chi connectivity index (χ1v) is 11.7. The maximum Gasteiger partial charge on any atom is 0.342 e. The Labute approximate surface area is 183 Å². The number of thiazole rings is 1. The monoisotopic (exact) mass is 463 g/mol. The predicted molar refractivity (Wildman–Crippen MR) is 117 cm³/mol. The van der Waals surface area contributed by atoms with E-state index in [0.29, 0.717) is 5.13 Å². The van der Waals surface area contributed by atoms with E-state index in [9.17, 15) is 23.1 Å². The van der Waals surface area contributed by atoms with Crippen molar-refractivity contribution in [1.29, 1.82) is 0 Å². The van der Waals surface area contributed by atoms with E-state index in [4.69, 9.17) is 4.74 Å². The average molecular weight is 464 g/mol. The summed E-state index contributed by atoms with van der Waals surface area (Å²) < 4.78 is 32.4. The van der Waals surface area contributed by atoms with Gasteiger partial charge >= 0.3 is 5.97 Å². The van der Waals surface area contributed by atoms with Crippen LogP contribution in [0.15, 0.2) is 47.4 Å². The molecule has 1 aromatic heterocycles. The molecule has 0 aliphatic carbocycles. The number of carbonyl (C=O) groups excluding carboxylic acids is 2. The molecule has 0 saturated heterocycles. The van der Waals surface area contributed by atoms with Gasteiger partial charge in [0.05, 0.1) is 15.1 Å². The molecule has 0 bridgehead atoms. The number of ether oxygens (including phenoxy) is 1. The van der Waals surface area contributed by atoms with Crippen LogP contribution in [0.2, 0.25) is 0 Å². The largest absolute Gasteiger partial charge is 0.507 e. The lowest BCUT2D eigenvalue weighted by Crippen LogP contribution is -2.30. The van der Waals surface area contributed by atoms with Gasteiger partial charge < -0.3 is 9.84 Å². The van der Waals surface area contributed by atoms with E-state index in [0.717, 1.165) is 22.3 Å². The molecular weight excluding hydrogens is 442 g/mol. The fourth-order valence-electron chi connectivity index (χ4n) is 2.84. The van der Waals surface area contributed by atoms with Crippen LogP contribution < -0.4 is 5.32 Å². The lowest BCUT2D eigenvalue weighted by molar-refractivity contribution is -0.119. The summed E-state index contributed by atoms with van der Waals surface area (Å²) in [5, 5.41) is 12.9. The summed E-state index contributed by atoms with van der Waals surface area (Å²) >= 11 is 1.28. The highest BCUT2D eigenvalue weighted by molar-refractivity contribution is 7.89. The number of hydrogen-bond donors (Lipinski definition) is 2. The lowest BCUT2D eigenvalue weighted by Gasteiger charge is -2.18. The molecule has 9 nitrogen and oxygen atoms in total. The molecule has 0 unspecified atom stereocenters. The van der Waals surface area contributed by atoms with E-state index < -0.39 is 34.3 Å². The van der Waals surface area contributed by atoms with Crippen LogP contribution in [0.1, 0.15) is 24.2 Å². The Bertz CT molecular complexity index is 1190. The normalized spacial score (nSPS) is 11.6. The van der Waals surface area contributed by atoms with Gasteiger partial charge in [-0.3, -0.25) is 10.1 Å². The Morgan fingerprint density at radius 2 is 1.87 bits per heavy atom. The van der Waals surface area contributed by atoms with E-state index in [1.807, 2.05) is 24.3 Å². The summed E-state index contributed by atoms with van der Waals surface area (Å²) in [6.45, 7) is 3.28. The van der Waals surface area contributed by atoms with Gasteiger partial charge in [0, 0.05) is 13.1 Å².